The van der Waals surface area contributed by atoms with Crippen LogP contribution in [-0.2, 0) is 0 Å². The van der Waals surface area contributed by atoms with Crippen molar-refractivity contribution in [1.29, 1.82) is 0 Å². The van der Waals surface area contributed by atoms with Gasteiger partial charge in [-0.15, -0.1) is 0 Å². The van der Waals surface area contributed by atoms with Crippen molar-refractivity contribution in [2.75, 3.05) is 19.8 Å². The standard InChI is InChI=1S/C5H12O2.C4H10O2/c1-5(4-7)2-3-6;1-2-4(6)3-5/h5-7H,2-4H2,1H3;4-6H,2-3H2,1H3. The van der Waals surface area contributed by atoms with Crippen LogP contribution in [0.15, 0.2) is 0 Å². The molecule has 82 valence electrons. The third kappa shape index (κ3) is 14.7. The number of aliphatic hydroxyl groups is 4. The van der Waals surface area contributed by atoms with Gasteiger partial charge in [-0.25, -0.2) is 0 Å². The van der Waals surface area contributed by atoms with E-state index in [9.17, 15) is 0 Å². The van der Waals surface area contributed by atoms with E-state index in [0.717, 1.165) is 0 Å². The second-order valence-electron chi connectivity index (χ2n) is 3.04. The van der Waals surface area contributed by atoms with E-state index >= 15 is 0 Å². The maximum atomic E-state index is 8.42. The zero-order valence-electron chi connectivity index (χ0n) is 8.48. The van der Waals surface area contributed by atoms with Crippen LogP contribution in [0.25, 0.3) is 0 Å². The van der Waals surface area contributed by atoms with Crippen LogP contribution in [0.5, 0.6) is 0 Å². The number of rotatable bonds is 5. The largest absolute Gasteiger partial charge is 0.396 e. The van der Waals surface area contributed by atoms with E-state index in [4.69, 9.17) is 20.4 Å². The SMILES string of the molecule is CC(CO)CCO.CCC(O)CO. The van der Waals surface area contributed by atoms with Gasteiger partial charge in [-0.3, -0.25) is 0 Å². The Kier molecular flexibility index (Phi) is 14.0. The molecule has 4 N–H and O–H groups in total. The highest BCUT2D eigenvalue weighted by Crippen LogP contribution is 1.96. The first-order chi connectivity index (χ1) is 6.12. The molecule has 0 saturated carbocycles. The van der Waals surface area contributed by atoms with E-state index in [1.165, 1.54) is 0 Å². The van der Waals surface area contributed by atoms with Crippen molar-refractivity contribution < 1.29 is 20.4 Å². The summed E-state index contributed by atoms with van der Waals surface area (Å²) in [5, 5.41) is 33.1. The van der Waals surface area contributed by atoms with Gasteiger partial charge in [0.25, 0.3) is 0 Å². The molecule has 0 heterocycles. The summed E-state index contributed by atoms with van der Waals surface area (Å²) in [4.78, 5) is 0. The van der Waals surface area contributed by atoms with Crippen LogP contribution >= 0.6 is 0 Å². The minimum Gasteiger partial charge on any atom is -0.396 e. The van der Waals surface area contributed by atoms with E-state index < -0.39 is 6.10 Å². The zero-order chi connectivity index (χ0) is 10.7. The molecule has 0 saturated heterocycles. The van der Waals surface area contributed by atoms with Gasteiger partial charge in [0.1, 0.15) is 0 Å². The minimum absolute atomic E-state index is 0.115. The van der Waals surface area contributed by atoms with Crippen LogP contribution in [0.2, 0.25) is 0 Å². The predicted molar refractivity (Wildman–Crippen MR) is 51.3 cm³/mol. The van der Waals surface area contributed by atoms with Gasteiger partial charge in [-0.2, -0.15) is 0 Å². The Labute approximate surface area is 79.8 Å². The lowest BCUT2D eigenvalue weighted by molar-refractivity contribution is 0.0923. The van der Waals surface area contributed by atoms with Crippen LogP contribution in [0, 0.1) is 5.92 Å². The first-order valence-electron chi connectivity index (χ1n) is 4.62. The lowest BCUT2D eigenvalue weighted by atomic mass is 10.1. The van der Waals surface area contributed by atoms with E-state index in [2.05, 4.69) is 0 Å². The average Bonchev–Trinajstić information content (AvgIpc) is 2.18. The third-order valence-corrected chi connectivity index (χ3v) is 1.62. The molecule has 0 aliphatic carbocycles. The molecule has 0 amide bonds. The van der Waals surface area contributed by atoms with Crippen LogP contribution in [-0.4, -0.2) is 46.4 Å². The quantitative estimate of drug-likeness (QED) is 0.486. The summed E-state index contributed by atoms with van der Waals surface area (Å²) in [7, 11) is 0. The molecule has 0 aromatic carbocycles. The zero-order valence-corrected chi connectivity index (χ0v) is 8.48. The van der Waals surface area contributed by atoms with Crippen molar-refractivity contribution in [1.82, 2.24) is 0 Å². The van der Waals surface area contributed by atoms with Crippen LogP contribution < -0.4 is 0 Å². The van der Waals surface area contributed by atoms with Gasteiger partial charge in [-0.05, 0) is 18.8 Å². The van der Waals surface area contributed by atoms with E-state index in [0.29, 0.717) is 12.8 Å². The number of hydrogen-bond donors (Lipinski definition) is 4. The second kappa shape index (κ2) is 11.8. The summed E-state index contributed by atoms with van der Waals surface area (Å²) >= 11 is 0. The molecule has 0 aliphatic heterocycles. The minimum atomic E-state index is -0.509. The molecule has 0 radical (unpaired) electrons. The number of aliphatic hydroxyl groups excluding tert-OH is 4. The van der Waals surface area contributed by atoms with Gasteiger partial charge < -0.3 is 20.4 Å². The van der Waals surface area contributed by atoms with Crippen molar-refractivity contribution in [3.05, 3.63) is 0 Å². The van der Waals surface area contributed by atoms with Gasteiger partial charge in [-0.1, -0.05) is 13.8 Å². The Balaban J connectivity index is 0. The van der Waals surface area contributed by atoms with Crippen molar-refractivity contribution in [3.8, 4) is 0 Å². The van der Waals surface area contributed by atoms with Gasteiger partial charge in [0.2, 0.25) is 0 Å². The molecule has 2 atom stereocenters. The maximum absolute atomic E-state index is 8.42. The summed E-state index contributed by atoms with van der Waals surface area (Å²) in [5.74, 6) is 0.255. The van der Waals surface area contributed by atoms with Crippen molar-refractivity contribution in [2.24, 2.45) is 5.92 Å². The lowest BCUT2D eigenvalue weighted by Crippen LogP contribution is -2.08. The summed E-state index contributed by atoms with van der Waals surface area (Å²) in [5.41, 5.74) is 0. The van der Waals surface area contributed by atoms with Crippen LogP contribution in [0.1, 0.15) is 26.7 Å². The molecule has 13 heavy (non-hydrogen) atoms. The van der Waals surface area contributed by atoms with Crippen molar-refractivity contribution in [2.45, 2.75) is 32.8 Å². The van der Waals surface area contributed by atoms with Crippen molar-refractivity contribution in [3.63, 3.8) is 0 Å². The molecule has 0 aliphatic rings. The highest BCUT2D eigenvalue weighted by atomic mass is 16.3. The molecule has 4 heteroatoms. The monoisotopic (exact) mass is 194 g/mol. The topological polar surface area (TPSA) is 80.9 Å². The molecule has 0 aromatic heterocycles. The van der Waals surface area contributed by atoms with E-state index in [-0.39, 0.29) is 25.7 Å². The highest BCUT2D eigenvalue weighted by molar-refractivity contribution is 4.46. The highest BCUT2D eigenvalue weighted by Gasteiger charge is 1.94. The molecule has 0 fully saturated rings. The smallest absolute Gasteiger partial charge is 0.0768 e. The van der Waals surface area contributed by atoms with Crippen LogP contribution in [0.4, 0.5) is 0 Å². The van der Waals surface area contributed by atoms with Gasteiger partial charge >= 0.3 is 0 Å². The first kappa shape index (κ1) is 15.3. The predicted octanol–water partition coefficient (Wildman–Crippen LogP) is -0.253. The Bertz CT molecular complexity index is 83.7. The first-order valence-corrected chi connectivity index (χ1v) is 4.62. The van der Waals surface area contributed by atoms with E-state index in [1.54, 1.807) is 0 Å². The molecule has 0 bridgehead atoms. The molecule has 4 nitrogen and oxygen atoms in total. The van der Waals surface area contributed by atoms with E-state index in [1.807, 2.05) is 13.8 Å². The second-order valence-corrected chi connectivity index (χ2v) is 3.04. The molecular formula is C9H22O4. The normalized spacial score (nSPS) is 14.3. The number of hydrogen-bond acceptors (Lipinski definition) is 4. The van der Waals surface area contributed by atoms with Gasteiger partial charge in [0, 0.05) is 13.2 Å². The summed E-state index contributed by atoms with van der Waals surface area (Å²) < 4.78 is 0. The van der Waals surface area contributed by atoms with Crippen LogP contribution in [0.3, 0.4) is 0 Å². The van der Waals surface area contributed by atoms with Gasteiger partial charge in [0.05, 0.1) is 12.7 Å². The van der Waals surface area contributed by atoms with Gasteiger partial charge in [0.15, 0.2) is 0 Å². The fourth-order valence-corrected chi connectivity index (χ4v) is 0.441. The van der Waals surface area contributed by atoms with Crippen molar-refractivity contribution >= 4 is 0 Å². The maximum Gasteiger partial charge on any atom is 0.0768 e. The third-order valence-electron chi connectivity index (χ3n) is 1.62. The molecule has 2 unspecified atom stereocenters. The fourth-order valence-electron chi connectivity index (χ4n) is 0.441. The molecule has 0 spiro atoms. The molecule has 0 aromatic rings. The Morgan fingerprint density at radius 3 is 1.69 bits per heavy atom. The summed E-state index contributed by atoms with van der Waals surface area (Å²) in [6.07, 6.45) is 0.831. The lowest BCUT2D eigenvalue weighted by Gasteiger charge is -2.01. The Morgan fingerprint density at radius 1 is 1.08 bits per heavy atom. The fraction of sp³-hybridized carbons (Fsp3) is 1.00. The average molecular weight is 194 g/mol. The molecule has 0 rings (SSSR count). The Hall–Kier alpha value is -0.160. The summed E-state index contributed by atoms with van der Waals surface area (Å²) in [6, 6.07) is 0. The molecular weight excluding hydrogens is 172 g/mol. The summed E-state index contributed by atoms with van der Waals surface area (Å²) in [6.45, 7) is 3.97. The Morgan fingerprint density at radius 2 is 1.62 bits per heavy atom.